The highest BCUT2D eigenvalue weighted by atomic mass is 35.5. The molecule has 0 bridgehead atoms. The highest BCUT2D eigenvalue weighted by Crippen LogP contribution is 2.28. The van der Waals surface area contributed by atoms with Crippen molar-refractivity contribution in [1.29, 1.82) is 0 Å². The van der Waals surface area contributed by atoms with Crippen LogP contribution in [-0.4, -0.2) is 18.0 Å². The topological polar surface area (TPSA) is 71.2 Å². The summed E-state index contributed by atoms with van der Waals surface area (Å²) in [6, 6.07) is 13.6. The van der Waals surface area contributed by atoms with Gasteiger partial charge in [-0.1, -0.05) is 29.8 Å². The Kier molecular flexibility index (Phi) is 4.04. The van der Waals surface area contributed by atoms with E-state index in [1.165, 1.54) is 7.11 Å². The van der Waals surface area contributed by atoms with Crippen LogP contribution in [0.3, 0.4) is 0 Å². The van der Waals surface area contributed by atoms with E-state index in [0.717, 1.165) is 0 Å². The summed E-state index contributed by atoms with van der Waals surface area (Å²) in [7, 11) is 1.50. The van der Waals surface area contributed by atoms with Gasteiger partial charge in [-0.2, -0.15) is 0 Å². The molecule has 0 aliphatic carbocycles. The second-order valence-electron chi connectivity index (χ2n) is 4.90. The van der Waals surface area contributed by atoms with E-state index in [1.807, 2.05) is 6.07 Å². The van der Waals surface area contributed by atoms with Crippen molar-refractivity contribution >= 4 is 34.0 Å². The first-order valence-electron chi connectivity index (χ1n) is 6.85. The van der Waals surface area contributed by atoms with Crippen molar-refractivity contribution in [2.75, 3.05) is 12.4 Å². The van der Waals surface area contributed by atoms with Gasteiger partial charge >= 0.3 is 0 Å². The Morgan fingerprint density at radius 2 is 1.96 bits per heavy atom. The number of carbonyl (C=O) groups is 1. The van der Waals surface area contributed by atoms with Crippen LogP contribution in [0.1, 0.15) is 10.5 Å². The standard InChI is InChI=1S/C17H13ClN2O3/c1-23-15-7-6-11(18)9-13(15)19-17(22)14-8-10-4-2-3-5-12(10)16(21)20-14/h2-9H,1H3,(H,19,22)(H,20,21). The van der Waals surface area contributed by atoms with Crippen molar-refractivity contribution in [2.24, 2.45) is 0 Å². The molecule has 0 aliphatic rings. The lowest BCUT2D eigenvalue weighted by Gasteiger charge is -2.10. The highest BCUT2D eigenvalue weighted by molar-refractivity contribution is 6.31. The lowest BCUT2D eigenvalue weighted by molar-refractivity contribution is 0.102. The lowest BCUT2D eigenvalue weighted by Crippen LogP contribution is -2.19. The number of pyridine rings is 1. The molecule has 0 radical (unpaired) electrons. The number of amides is 1. The van der Waals surface area contributed by atoms with E-state index in [-0.39, 0.29) is 11.3 Å². The second kappa shape index (κ2) is 6.14. The van der Waals surface area contributed by atoms with Gasteiger partial charge in [-0.25, -0.2) is 0 Å². The second-order valence-corrected chi connectivity index (χ2v) is 5.33. The Morgan fingerprint density at radius 1 is 1.17 bits per heavy atom. The van der Waals surface area contributed by atoms with Crippen molar-refractivity contribution in [3.05, 3.63) is 69.6 Å². The number of nitrogens with one attached hydrogen (secondary N) is 2. The van der Waals surface area contributed by atoms with Crippen LogP contribution in [0.5, 0.6) is 5.75 Å². The fourth-order valence-corrected chi connectivity index (χ4v) is 2.47. The molecular weight excluding hydrogens is 316 g/mol. The predicted octanol–water partition coefficient (Wildman–Crippen LogP) is 3.44. The number of carbonyl (C=O) groups excluding carboxylic acids is 1. The molecule has 5 nitrogen and oxygen atoms in total. The molecule has 3 rings (SSSR count). The predicted molar refractivity (Wildman–Crippen MR) is 90.5 cm³/mol. The molecule has 0 saturated heterocycles. The number of aromatic nitrogens is 1. The summed E-state index contributed by atoms with van der Waals surface area (Å²) in [6.07, 6.45) is 0. The first-order chi connectivity index (χ1) is 11.1. The number of fused-ring (bicyclic) bond motifs is 1. The van der Waals surface area contributed by atoms with Gasteiger partial charge in [0.1, 0.15) is 11.4 Å². The normalized spacial score (nSPS) is 10.5. The molecule has 1 heterocycles. The molecule has 1 amide bonds. The van der Waals surface area contributed by atoms with Crippen LogP contribution in [0.25, 0.3) is 10.8 Å². The third-order valence-electron chi connectivity index (χ3n) is 3.41. The number of rotatable bonds is 3. The molecule has 0 atom stereocenters. The summed E-state index contributed by atoms with van der Waals surface area (Å²) in [5.41, 5.74) is 0.279. The quantitative estimate of drug-likeness (QED) is 0.773. The third-order valence-corrected chi connectivity index (χ3v) is 3.64. The van der Waals surface area contributed by atoms with Crippen LogP contribution >= 0.6 is 11.6 Å². The summed E-state index contributed by atoms with van der Waals surface area (Å²) < 4.78 is 5.19. The van der Waals surface area contributed by atoms with Crippen molar-refractivity contribution in [1.82, 2.24) is 4.98 Å². The van der Waals surface area contributed by atoms with Gasteiger partial charge in [0.15, 0.2) is 0 Å². The molecule has 0 unspecified atom stereocenters. The first-order valence-corrected chi connectivity index (χ1v) is 7.23. The Hall–Kier alpha value is -2.79. The van der Waals surface area contributed by atoms with E-state index in [0.29, 0.717) is 27.2 Å². The molecule has 0 saturated carbocycles. The third kappa shape index (κ3) is 3.05. The van der Waals surface area contributed by atoms with Crippen LogP contribution in [-0.2, 0) is 0 Å². The lowest BCUT2D eigenvalue weighted by atomic mass is 10.1. The van der Waals surface area contributed by atoms with Gasteiger partial charge in [0.25, 0.3) is 11.5 Å². The molecule has 6 heteroatoms. The number of ether oxygens (including phenoxy) is 1. The molecular formula is C17H13ClN2O3. The van der Waals surface area contributed by atoms with Crippen molar-refractivity contribution in [3.8, 4) is 5.75 Å². The summed E-state index contributed by atoms with van der Waals surface area (Å²) in [6.45, 7) is 0. The molecule has 2 N–H and O–H groups in total. The van der Waals surface area contributed by atoms with E-state index in [9.17, 15) is 9.59 Å². The van der Waals surface area contributed by atoms with E-state index < -0.39 is 5.91 Å². The summed E-state index contributed by atoms with van der Waals surface area (Å²) in [4.78, 5) is 27.0. The Labute approximate surface area is 136 Å². The van der Waals surface area contributed by atoms with Crippen LogP contribution in [0, 0.1) is 0 Å². The van der Waals surface area contributed by atoms with E-state index in [2.05, 4.69) is 10.3 Å². The van der Waals surface area contributed by atoms with Crippen molar-refractivity contribution < 1.29 is 9.53 Å². The number of H-pyrrole nitrogens is 1. The zero-order chi connectivity index (χ0) is 16.4. The zero-order valence-electron chi connectivity index (χ0n) is 12.2. The average molecular weight is 329 g/mol. The number of halogens is 1. The molecule has 116 valence electrons. The molecule has 1 aromatic heterocycles. The van der Waals surface area contributed by atoms with Gasteiger partial charge in [0.2, 0.25) is 0 Å². The molecule has 2 aromatic carbocycles. The first kappa shape index (κ1) is 15.1. The molecule has 0 fully saturated rings. The van der Waals surface area contributed by atoms with Gasteiger partial charge in [0, 0.05) is 10.4 Å². The van der Waals surface area contributed by atoms with Crippen LogP contribution < -0.4 is 15.6 Å². The Bertz CT molecular complexity index is 950. The largest absolute Gasteiger partial charge is 0.495 e. The number of aromatic amines is 1. The van der Waals surface area contributed by atoms with Crippen LogP contribution in [0.4, 0.5) is 5.69 Å². The minimum Gasteiger partial charge on any atom is -0.495 e. The fourth-order valence-electron chi connectivity index (χ4n) is 2.30. The van der Waals surface area contributed by atoms with E-state index in [1.54, 1.807) is 42.5 Å². The smallest absolute Gasteiger partial charge is 0.272 e. The van der Waals surface area contributed by atoms with Gasteiger partial charge < -0.3 is 15.0 Å². The van der Waals surface area contributed by atoms with Gasteiger partial charge in [0.05, 0.1) is 12.8 Å². The molecule has 23 heavy (non-hydrogen) atoms. The minimum atomic E-state index is -0.451. The minimum absolute atomic E-state index is 0.163. The number of hydrogen-bond acceptors (Lipinski definition) is 3. The average Bonchev–Trinajstić information content (AvgIpc) is 2.55. The SMILES string of the molecule is COc1ccc(Cl)cc1NC(=O)c1cc2ccccc2c(=O)[nH]1. The number of methoxy groups -OCH3 is 1. The Balaban J connectivity index is 1.98. The summed E-state index contributed by atoms with van der Waals surface area (Å²) >= 11 is 5.94. The van der Waals surface area contributed by atoms with Crippen molar-refractivity contribution in [3.63, 3.8) is 0 Å². The monoisotopic (exact) mass is 328 g/mol. The van der Waals surface area contributed by atoms with Crippen molar-refractivity contribution in [2.45, 2.75) is 0 Å². The number of anilines is 1. The van der Waals surface area contributed by atoms with Crippen LogP contribution in [0.15, 0.2) is 53.3 Å². The fraction of sp³-hybridized carbons (Fsp3) is 0.0588. The van der Waals surface area contributed by atoms with Crippen LogP contribution in [0.2, 0.25) is 5.02 Å². The van der Waals surface area contributed by atoms with E-state index in [4.69, 9.17) is 16.3 Å². The summed E-state index contributed by atoms with van der Waals surface area (Å²) in [5.74, 6) is 0.0271. The van der Waals surface area contributed by atoms with Gasteiger partial charge in [-0.15, -0.1) is 0 Å². The summed E-state index contributed by atoms with van der Waals surface area (Å²) in [5, 5.41) is 4.38. The highest BCUT2D eigenvalue weighted by Gasteiger charge is 2.12. The maximum Gasteiger partial charge on any atom is 0.272 e. The number of benzene rings is 2. The Morgan fingerprint density at radius 3 is 2.74 bits per heavy atom. The molecule has 0 aliphatic heterocycles. The molecule has 0 spiro atoms. The van der Waals surface area contributed by atoms with E-state index >= 15 is 0 Å². The number of hydrogen-bond donors (Lipinski definition) is 2. The maximum atomic E-state index is 12.4. The molecule has 3 aromatic rings. The maximum absolute atomic E-state index is 12.4. The zero-order valence-corrected chi connectivity index (χ0v) is 13.0. The van der Waals surface area contributed by atoms with Gasteiger partial charge in [-0.3, -0.25) is 9.59 Å². The van der Waals surface area contributed by atoms with Gasteiger partial charge in [-0.05, 0) is 35.7 Å².